The van der Waals surface area contributed by atoms with Gasteiger partial charge in [-0.25, -0.2) is 19.9 Å². The number of halogens is 2. The number of anilines is 4. The number of piperazine rings is 2. The lowest BCUT2D eigenvalue weighted by molar-refractivity contribution is -0.118. The van der Waals surface area contributed by atoms with Gasteiger partial charge >= 0.3 is 0 Å². The standard InChI is InChI=1S/C23H26ClN5O3.C22H24ClN5O2/c1-16-20-14-18(26-22(31)15-32-19-5-2-17(24)3-6-19)4-7-21(20)27-23(25-16)29-10-8-28(9-11-29)12-13-30;1-15-19-13-17(25-21(29)14-30-18-6-3-16(23)4-7-18)5-8-20(19)26-22(24-15)28-11-9-27(2)10-12-28/h2-7,14,30H,8-13,15H2,1H3,(H,26,31);3-8,13H,9-12,14H2,1-2H3,(H,25,29). The van der Waals surface area contributed by atoms with Crippen LogP contribution in [-0.4, -0.2) is 132 Å². The first-order valence-electron chi connectivity index (χ1n) is 20.4. The van der Waals surface area contributed by atoms with Gasteiger partial charge in [0.15, 0.2) is 13.2 Å². The van der Waals surface area contributed by atoms with E-state index in [4.69, 9.17) is 57.7 Å². The van der Waals surface area contributed by atoms with E-state index in [1.165, 1.54) is 0 Å². The lowest BCUT2D eigenvalue weighted by Crippen LogP contribution is -2.47. The van der Waals surface area contributed by atoms with Crippen molar-refractivity contribution < 1.29 is 24.2 Å². The van der Waals surface area contributed by atoms with E-state index in [-0.39, 0.29) is 31.6 Å². The number of aliphatic hydroxyl groups excluding tert-OH is 1. The molecule has 2 saturated heterocycles. The fourth-order valence-corrected chi connectivity index (χ4v) is 7.30. The third kappa shape index (κ3) is 12.0. The van der Waals surface area contributed by atoms with Gasteiger partial charge in [-0.3, -0.25) is 14.5 Å². The number of aromatic nitrogens is 4. The summed E-state index contributed by atoms with van der Waals surface area (Å²) in [6.07, 6.45) is 0. The van der Waals surface area contributed by atoms with Gasteiger partial charge in [0.25, 0.3) is 11.8 Å². The van der Waals surface area contributed by atoms with Gasteiger partial charge in [-0.05, 0) is 106 Å². The van der Waals surface area contributed by atoms with Crippen molar-refractivity contribution in [3.05, 3.63) is 106 Å². The number of fused-ring (bicyclic) bond motifs is 2. The maximum Gasteiger partial charge on any atom is 0.262 e. The number of benzene rings is 4. The van der Waals surface area contributed by atoms with Crippen LogP contribution in [0.5, 0.6) is 11.5 Å². The Morgan fingerprint density at radius 3 is 1.45 bits per heavy atom. The van der Waals surface area contributed by atoms with Gasteiger partial charge in [-0.15, -0.1) is 0 Å². The maximum absolute atomic E-state index is 12.3. The van der Waals surface area contributed by atoms with Crippen LogP contribution >= 0.6 is 23.2 Å². The molecule has 0 unspecified atom stereocenters. The van der Waals surface area contributed by atoms with Gasteiger partial charge in [-0.2, -0.15) is 0 Å². The minimum Gasteiger partial charge on any atom is -0.484 e. The van der Waals surface area contributed by atoms with Gasteiger partial charge in [0.2, 0.25) is 11.9 Å². The number of nitrogens with zero attached hydrogens (tertiary/aromatic N) is 8. The molecule has 324 valence electrons. The van der Waals surface area contributed by atoms with Gasteiger partial charge in [0.05, 0.1) is 29.0 Å². The molecule has 4 heterocycles. The number of nitrogens with one attached hydrogen (secondary N) is 2. The first-order chi connectivity index (χ1) is 30.0. The summed E-state index contributed by atoms with van der Waals surface area (Å²) < 4.78 is 11.0. The van der Waals surface area contributed by atoms with Crippen LogP contribution in [0.4, 0.5) is 23.3 Å². The summed E-state index contributed by atoms with van der Waals surface area (Å²) in [5.74, 6) is 2.16. The van der Waals surface area contributed by atoms with Crippen LogP contribution < -0.4 is 29.9 Å². The van der Waals surface area contributed by atoms with Crippen LogP contribution in [0.15, 0.2) is 84.9 Å². The van der Waals surface area contributed by atoms with Crippen LogP contribution in [0.1, 0.15) is 11.4 Å². The molecule has 2 aliphatic heterocycles. The van der Waals surface area contributed by atoms with Gasteiger partial charge < -0.3 is 39.9 Å². The molecule has 2 fully saturated rings. The highest BCUT2D eigenvalue weighted by Gasteiger charge is 2.21. The summed E-state index contributed by atoms with van der Waals surface area (Å²) in [6.45, 7) is 11.9. The zero-order valence-corrected chi connectivity index (χ0v) is 36.5. The molecule has 0 radical (unpaired) electrons. The number of aryl methyl sites for hydroxylation is 2. The summed E-state index contributed by atoms with van der Waals surface area (Å²) in [4.78, 5) is 52.3. The maximum atomic E-state index is 12.3. The number of ether oxygens (including phenoxy) is 2. The number of hydrogen-bond donors (Lipinski definition) is 3. The summed E-state index contributed by atoms with van der Waals surface area (Å²) in [5, 5.41) is 17.9. The predicted molar refractivity (Wildman–Crippen MR) is 245 cm³/mol. The van der Waals surface area contributed by atoms with Crippen molar-refractivity contribution in [3.8, 4) is 11.5 Å². The largest absolute Gasteiger partial charge is 0.484 e. The van der Waals surface area contributed by atoms with Crippen molar-refractivity contribution in [1.82, 2.24) is 29.7 Å². The lowest BCUT2D eigenvalue weighted by atomic mass is 10.1. The summed E-state index contributed by atoms with van der Waals surface area (Å²) in [6, 6.07) is 25.0. The molecular formula is C45H50Cl2N10O5. The Morgan fingerprint density at radius 2 is 1.03 bits per heavy atom. The van der Waals surface area contributed by atoms with E-state index in [1.54, 1.807) is 48.5 Å². The molecule has 6 aromatic rings. The molecule has 8 rings (SSSR count). The van der Waals surface area contributed by atoms with Gasteiger partial charge in [0.1, 0.15) is 11.5 Å². The molecule has 17 heteroatoms. The Hall–Kier alpha value is -5.84. The van der Waals surface area contributed by atoms with Crippen molar-refractivity contribution in [2.75, 3.05) is 106 Å². The first kappa shape index (κ1) is 44.2. The fourth-order valence-electron chi connectivity index (χ4n) is 7.04. The molecule has 2 aliphatic rings. The van der Waals surface area contributed by atoms with E-state index < -0.39 is 0 Å². The van der Waals surface area contributed by atoms with E-state index in [9.17, 15) is 9.59 Å². The predicted octanol–water partition coefficient (Wildman–Crippen LogP) is 6.08. The summed E-state index contributed by atoms with van der Waals surface area (Å²) >= 11 is 11.7. The highest BCUT2D eigenvalue weighted by atomic mass is 35.5. The summed E-state index contributed by atoms with van der Waals surface area (Å²) in [5.41, 5.74) is 4.80. The topological polar surface area (TPSA) is 161 Å². The average Bonchev–Trinajstić information content (AvgIpc) is 3.27. The van der Waals surface area contributed by atoms with Gasteiger partial charge in [-0.1, -0.05) is 23.2 Å². The molecule has 0 bridgehead atoms. The van der Waals surface area contributed by atoms with Crippen molar-refractivity contribution in [1.29, 1.82) is 0 Å². The first-order valence-corrected chi connectivity index (χ1v) is 21.2. The number of rotatable bonds is 12. The van der Waals surface area contributed by atoms with E-state index in [1.807, 2.05) is 50.2 Å². The quantitative estimate of drug-likeness (QED) is 0.130. The third-order valence-corrected chi connectivity index (χ3v) is 11.0. The van der Waals surface area contributed by atoms with E-state index in [0.29, 0.717) is 45.4 Å². The van der Waals surface area contributed by atoms with Crippen LogP contribution in [0.2, 0.25) is 10.0 Å². The van der Waals surface area contributed by atoms with Crippen molar-refractivity contribution in [2.45, 2.75) is 13.8 Å². The Bertz CT molecular complexity index is 2480. The zero-order chi connectivity index (χ0) is 43.6. The molecule has 0 aliphatic carbocycles. The normalized spacial score (nSPS) is 14.6. The molecule has 62 heavy (non-hydrogen) atoms. The minimum atomic E-state index is -0.254. The highest BCUT2D eigenvalue weighted by Crippen LogP contribution is 2.26. The number of hydrogen-bond acceptors (Lipinski definition) is 13. The number of amides is 2. The molecule has 2 amide bonds. The fraction of sp³-hybridized carbons (Fsp3) is 0.333. The molecular weight excluding hydrogens is 831 g/mol. The molecule has 0 saturated carbocycles. The second kappa shape index (κ2) is 20.8. The Balaban J connectivity index is 0.000000187. The van der Waals surface area contributed by atoms with Crippen LogP contribution in [0, 0.1) is 13.8 Å². The minimum absolute atomic E-state index is 0.0858. The molecule has 0 spiro atoms. The Labute approximate surface area is 370 Å². The molecule has 2 aromatic heterocycles. The number of carbonyl (C=O) groups excluding carboxylic acids is 2. The summed E-state index contributed by atoms with van der Waals surface area (Å²) in [7, 11) is 2.13. The monoisotopic (exact) mass is 880 g/mol. The third-order valence-electron chi connectivity index (χ3n) is 10.5. The van der Waals surface area contributed by atoms with Crippen LogP contribution in [0.3, 0.4) is 0 Å². The lowest BCUT2D eigenvalue weighted by Gasteiger charge is -2.34. The van der Waals surface area contributed by atoms with E-state index in [2.05, 4.69) is 37.3 Å². The smallest absolute Gasteiger partial charge is 0.262 e. The van der Waals surface area contributed by atoms with E-state index >= 15 is 0 Å². The van der Waals surface area contributed by atoms with Crippen LogP contribution in [-0.2, 0) is 9.59 Å². The van der Waals surface area contributed by atoms with E-state index in [0.717, 1.165) is 91.5 Å². The highest BCUT2D eigenvalue weighted by molar-refractivity contribution is 6.30. The molecule has 4 aromatic carbocycles. The van der Waals surface area contributed by atoms with Gasteiger partial charge in [0, 0.05) is 91.1 Å². The zero-order valence-electron chi connectivity index (χ0n) is 35.0. The number of β-amino-alcohol motifs (C(OH)–C–C–N with tert-alkyl or cyclic N) is 1. The van der Waals surface area contributed by atoms with Crippen molar-refractivity contribution in [2.24, 2.45) is 0 Å². The molecule has 3 N–H and O–H groups in total. The second-order valence-electron chi connectivity index (χ2n) is 15.1. The van der Waals surface area contributed by atoms with Crippen molar-refractivity contribution >= 4 is 80.1 Å². The second-order valence-corrected chi connectivity index (χ2v) is 16.0. The molecule has 0 atom stereocenters. The number of likely N-dealkylation sites (N-methyl/N-ethyl adjacent to an activating group) is 1. The van der Waals surface area contributed by atoms with Crippen molar-refractivity contribution in [3.63, 3.8) is 0 Å². The Kier molecular flexibility index (Phi) is 14.8. The number of aliphatic hydroxyl groups is 1. The molecule has 15 nitrogen and oxygen atoms in total. The average molecular weight is 882 g/mol. The van der Waals surface area contributed by atoms with Crippen LogP contribution in [0.25, 0.3) is 21.8 Å². The SMILES string of the molecule is Cc1nc(N2CCN(C)CC2)nc2ccc(NC(=O)COc3ccc(Cl)cc3)cc12.Cc1nc(N2CCN(CCO)CC2)nc2ccc(NC(=O)COc3ccc(Cl)cc3)cc12. The Morgan fingerprint density at radius 1 is 0.613 bits per heavy atom. The number of carbonyl (C=O) groups is 2.